The molecule has 1 amide bonds. The summed E-state index contributed by atoms with van der Waals surface area (Å²) >= 11 is 5.54. The first-order valence-corrected chi connectivity index (χ1v) is 8.60. The lowest BCUT2D eigenvalue weighted by Gasteiger charge is -2.29. The van der Waals surface area contributed by atoms with Crippen LogP contribution in [0.15, 0.2) is 24.3 Å². The van der Waals surface area contributed by atoms with Crippen molar-refractivity contribution in [1.29, 1.82) is 0 Å². The predicted octanol–water partition coefficient (Wildman–Crippen LogP) is 2.48. The maximum absolute atomic E-state index is 12.7. The van der Waals surface area contributed by atoms with Crippen molar-refractivity contribution >= 4 is 28.9 Å². The molecule has 2 heterocycles. The van der Waals surface area contributed by atoms with Crippen LogP contribution < -0.4 is 10.1 Å². The van der Waals surface area contributed by atoms with Gasteiger partial charge in [0.05, 0.1) is 7.11 Å². The van der Waals surface area contributed by atoms with Gasteiger partial charge in [0.1, 0.15) is 11.8 Å². The Morgan fingerprint density at radius 1 is 1.17 bits per heavy atom. The molecule has 0 radical (unpaired) electrons. The van der Waals surface area contributed by atoms with Crippen LogP contribution in [0.2, 0.25) is 0 Å². The first-order valence-electron chi connectivity index (χ1n) is 8.19. The van der Waals surface area contributed by atoms with Crippen LogP contribution in [0.3, 0.4) is 0 Å². The van der Waals surface area contributed by atoms with Gasteiger partial charge in [-0.2, -0.15) is 0 Å². The Kier molecular flexibility index (Phi) is 5.00. The predicted molar refractivity (Wildman–Crippen MR) is 94.8 cm³/mol. The Labute approximate surface area is 142 Å². The third-order valence-electron chi connectivity index (χ3n) is 4.56. The molecule has 0 spiro atoms. The van der Waals surface area contributed by atoms with E-state index in [9.17, 15) is 4.79 Å². The Bertz CT molecular complexity index is 570. The molecule has 6 heteroatoms. The Balaban J connectivity index is 1.64. The highest BCUT2D eigenvalue weighted by Crippen LogP contribution is 2.23. The van der Waals surface area contributed by atoms with E-state index in [1.807, 2.05) is 34.1 Å². The van der Waals surface area contributed by atoms with Crippen molar-refractivity contribution in [2.24, 2.45) is 0 Å². The van der Waals surface area contributed by atoms with Gasteiger partial charge in [-0.05, 0) is 62.2 Å². The van der Waals surface area contributed by atoms with Crippen molar-refractivity contribution in [3.63, 3.8) is 0 Å². The van der Waals surface area contributed by atoms with Gasteiger partial charge in [-0.15, -0.1) is 0 Å². The average molecular weight is 333 g/mol. The molecule has 0 bridgehead atoms. The van der Waals surface area contributed by atoms with Crippen molar-refractivity contribution in [2.45, 2.75) is 31.7 Å². The van der Waals surface area contributed by atoms with Crippen LogP contribution in [0.4, 0.5) is 5.69 Å². The lowest BCUT2D eigenvalue weighted by molar-refractivity contribution is -0.133. The SMILES string of the molecule is COc1ccc(NC(=S)N2CCC[C@H]2C(=O)N2CCCC2)cc1. The third-order valence-corrected chi connectivity index (χ3v) is 4.89. The van der Waals surface area contributed by atoms with Crippen molar-refractivity contribution in [2.75, 3.05) is 32.1 Å². The van der Waals surface area contributed by atoms with Gasteiger partial charge in [0.15, 0.2) is 5.11 Å². The fourth-order valence-corrected chi connectivity index (χ4v) is 3.62. The van der Waals surface area contributed by atoms with Crippen LogP contribution in [-0.2, 0) is 4.79 Å². The molecule has 5 nitrogen and oxygen atoms in total. The molecule has 1 N–H and O–H groups in total. The number of carbonyl (C=O) groups is 1. The number of anilines is 1. The van der Waals surface area contributed by atoms with Crippen molar-refractivity contribution in [3.8, 4) is 5.75 Å². The monoisotopic (exact) mass is 333 g/mol. The molecule has 0 aliphatic carbocycles. The topological polar surface area (TPSA) is 44.8 Å². The van der Waals surface area contributed by atoms with Gasteiger partial charge in [0, 0.05) is 25.3 Å². The highest BCUT2D eigenvalue weighted by atomic mass is 32.1. The molecule has 1 atom stereocenters. The molecule has 1 aromatic carbocycles. The molecule has 3 rings (SSSR count). The molecule has 1 aromatic rings. The molecule has 0 unspecified atom stereocenters. The van der Waals surface area contributed by atoms with E-state index >= 15 is 0 Å². The molecule has 2 fully saturated rings. The number of carbonyl (C=O) groups excluding carboxylic acids is 1. The summed E-state index contributed by atoms with van der Waals surface area (Å²) in [6.07, 6.45) is 4.13. The van der Waals surface area contributed by atoms with Crippen molar-refractivity contribution in [3.05, 3.63) is 24.3 Å². The molecule has 0 aromatic heterocycles. The van der Waals surface area contributed by atoms with Crippen molar-refractivity contribution < 1.29 is 9.53 Å². The second kappa shape index (κ2) is 7.17. The van der Waals surface area contributed by atoms with E-state index in [2.05, 4.69) is 5.32 Å². The normalized spacial score (nSPS) is 20.7. The Morgan fingerprint density at radius 3 is 2.52 bits per heavy atom. The highest BCUT2D eigenvalue weighted by Gasteiger charge is 2.35. The van der Waals surface area contributed by atoms with E-state index in [1.165, 1.54) is 0 Å². The quantitative estimate of drug-likeness (QED) is 0.861. The van der Waals surface area contributed by atoms with Gasteiger partial charge in [-0.3, -0.25) is 4.79 Å². The second-order valence-corrected chi connectivity index (χ2v) is 6.43. The summed E-state index contributed by atoms with van der Waals surface area (Å²) < 4.78 is 5.16. The maximum Gasteiger partial charge on any atom is 0.245 e. The van der Waals surface area contributed by atoms with E-state index in [4.69, 9.17) is 17.0 Å². The van der Waals surface area contributed by atoms with E-state index in [0.29, 0.717) is 5.11 Å². The molecule has 2 aliphatic heterocycles. The van der Waals surface area contributed by atoms with Gasteiger partial charge in [-0.25, -0.2) is 0 Å². The van der Waals surface area contributed by atoms with E-state index < -0.39 is 0 Å². The molecule has 2 saturated heterocycles. The minimum absolute atomic E-state index is 0.105. The number of benzene rings is 1. The number of amides is 1. The molecular weight excluding hydrogens is 310 g/mol. The van der Waals surface area contributed by atoms with Gasteiger partial charge in [0.2, 0.25) is 5.91 Å². The molecule has 124 valence electrons. The minimum atomic E-state index is -0.105. The summed E-state index contributed by atoms with van der Waals surface area (Å²) in [4.78, 5) is 16.7. The second-order valence-electron chi connectivity index (χ2n) is 6.04. The standard InChI is InChI=1S/C17H23N3O2S/c1-22-14-8-6-13(7-9-14)18-17(23)20-12-4-5-15(20)16(21)19-10-2-3-11-19/h6-9,15H,2-5,10-12H2,1H3,(H,18,23)/t15-/m0/s1. The summed E-state index contributed by atoms with van der Waals surface area (Å²) in [5.74, 6) is 1.05. The lowest BCUT2D eigenvalue weighted by Crippen LogP contribution is -2.48. The first-order chi connectivity index (χ1) is 11.2. The summed E-state index contributed by atoms with van der Waals surface area (Å²) in [5, 5.41) is 3.87. The summed E-state index contributed by atoms with van der Waals surface area (Å²) in [6, 6.07) is 7.53. The van der Waals surface area contributed by atoms with Crippen LogP contribution in [-0.4, -0.2) is 53.6 Å². The van der Waals surface area contributed by atoms with Crippen LogP contribution in [0, 0.1) is 0 Å². The first kappa shape index (κ1) is 16.1. The third kappa shape index (κ3) is 3.58. The zero-order valence-electron chi connectivity index (χ0n) is 13.5. The number of likely N-dealkylation sites (tertiary alicyclic amines) is 2. The number of nitrogens with one attached hydrogen (secondary N) is 1. The molecule has 2 aliphatic rings. The van der Waals surface area contributed by atoms with E-state index in [-0.39, 0.29) is 11.9 Å². The van der Waals surface area contributed by atoms with Gasteiger partial charge >= 0.3 is 0 Å². The number of ether oxygens (including phenoxy) is 1. The molecule has 23 heavy (non-hydrogen) atoms. The van der Waals surface area contributed by atoms with Crippen molar-refractivity contribution in [1.82, 2.24) is 9.80 Å². The van der Waals surface area contributed by atoms with E-state index in [1.54, 1.807) is 7.11 Å². The Hall–Kier alpha value is -1.82. The number of rotatable bonds is 3. The Morgan fingerprint density at radius 2 is 1.87 bits per heavy atom. The highest BCUT2D eigenvalue weighted by molar-refractivity contribution is 7.80. The number of thiocarbonyl (C=S) groups is 1. The number of nitrogens with zero attached hydrogens (tertiary/aromatic N) is 2. The van der Waals surface area contributed by atoms with Crippen LogP contribution >= 0.6 is 12.2 Å². The van der Waals surface area contributed by atoms with Gasteiger partial charge in [0.25, 0.3) is 0 Å². The zero-order chi connectivity index (χ0) is 16.2. The molecular formula is C17H23N3O2S. The largest absolute Gasteiger partial charge is 0.497 e. The fraction of sp³-hybridized carbons (Fsp3) is 0.529. The lowest BCUT2D eigenvalue weighted by atomic mass is 10.2. The number of hydrogen-bond donors (Lipinski definition) is 1. The zero-order valence-corrected chi connectivity index (χ0v) is 14.3. The fourth-order valence-electron chi connectivity index (χ4n) is 3.28. The smallest absolute Gasteiger partial charge is 0.245 e. The molecule has 0 saturated carbocycles. The summed E-state index contributed by atoms with van der Waals surface area (Å²) in [5.41, 5.74) is 0.912. The average Bonchev–Trinajstić information content (AvgIpc) is 3.26. The summed E-state index contributed by atoms with van der Waals surface area (Å²) in [7, 11) is 1.64. The van der Waals surface area contributed by atoms with Crippen LogP contribution in [0.1, 0.15) is 25.7 Å². The number of methoxy groups -OCH3 is 1. The maximum atomic E-state index is 12.7. The minimum Gasteiger partial charge on any atom is -0.497 e. The summed E-state index contributed by atoms with van der Waals surface area (Å²) in [6.45, 7) is 2.62. The van der Waals surface area contributed by atoms with Crippen LogP contribution in [0.25, 0.3) is 0 Å². The van der Waals surface area contributed by atoms with E-state index in [0.717, 1.165) is 56.8 Å². The van der Waals surface area contributed by atoms with Gasteiger partial charge in [-0.1, -0.05) is 0 Å². The number of hydrogen-bond acceptors (Lipinski definition) is 3. The van der Waals surface area contributed by atoms with Crippen LogP contribution in [0.5, 0.6) is 5.75 Å². The van der Waals surface area contributed by atoms with Gasteiger partial charge < -0.3 is 19.9 Å².